The van der Waals surface area contributed by atoms with E-state index in [-0.39, 0.29) is 6.17 Å². The molecular weight excluding hydrogens is 260 g/mol. The molecule has 2 heterocycles. The highest BCUT2D eigenvalue weighted by Gasteiger charge is 2.35. The highest BCUT2D eigenvalue weighted by molar-refractivity contribution is 5.79. The summed E-state index contributed by atoms with van der Waals surface area (Å²) >= 11 is 0. The van der Waals surface area contributed by atoms with Crippen LogP contribution in [-0.2, 0) is 7.05 Å². The van der Waals surface area contributed by atoms with E-state index in [2.05, 4.69) is 78.0 Å². The predicted molar refractivity (Wildman–Crippen MR) is 86.7 cm³/mol. The van der Waals surface area contributed by atoms with Gasteiger partial charge in [0.25, 0.3) is 0 Å². The van der Waals surface area contributed by atoms with Gasteiger partial charge in [-0.05, 0) is 24.3 Å². The summed E-state index contributed by atoms with van der Waals surface area (Å²) in [5, 5.41) is 0. The maximum absolute atomic E-state index is 4.86. The van der Waals surface area contributed by atoms with Gasteiger partial charge in [0.15, 0.2) is 12.0 Å². The summed E-state index contributed by atoms with van der Waals surface area (Å²) in [6.07, 6.45) is 0.125. The summed E-state index contributed by atoms with van der Waals surface area (Å²) in [4.78, 5) is 9.43. The second kappa shape index (κ2) is 4.25. The first kappa shape index (κ1) is 12.3. The lowest BCUT2D eigenvalue weighted by Gasteiger charge is -2.27. The molecule has 3 aromatic rings. The van der Waals surface area contributed by atoms with Crippen molar-refractivity contribution in [1.29, 1.82) is 0 Å². The minimum Gasteiger partial charge on any atom is -0.346 e. The van der Waals surface area contributed by atoms with E-state index in [4.69, 9.17) is 4.98 Å². The molecule has 0 fully saturated rings. The number of aryl methyl sites for hydroxylation is 1. The third-order valence-corrected chi connectivity index (χ3v) is 4.43. The number of fused-ring (bicyclic) bond motifs is 2. The first-order valence-electron chi connectivity index (χ1n) is 7.14. The fraction of sp³-hybridized carbons (Fsp3) is 0.235. The predicted octanol–water partition coefficient (Wildman–Crippen LogP) is 3.16. The molecule has 4 heteroatoms. The van der Waals surface area contributed by atoms with Crippen LogP contribution in [0.25, 0.3) is 11.0 Å². The number of anilines is 2. The third-order valence-electron chi connectivity index (χ3n) is 4.43. The van der Waals surface area contributed by atoms with Crippen LogP contribution in [0, 0.1) is 0 Å². The third kappa shape index (κ3) is 1.59. The molecule has 0 saturated carbocycles. The molecule has 1 aliphatic heterocycles. The maximum atomic E-state index is 4.86. The standard InChI is InChI=1S/C17H18N4/c1-19-13-9-5-4-8-12(13)18-16(19)17-20(2)14-10-6-7-11-15(14)21(17)3/h4-11,17H,1-3H3. The number of para-hydroxylation sites is 4. The summed E-state index contributed by atoms with van der Waals surface area (Å²) in [6, 6.07) is 16.8. The van der Waals surface area contributed by atoms with Gasteiger partial charge in [0.05, 0.1) is 22.4 Å². The highest BCUT2D eigenvalue weighted by atomic mass is 15.4. The monoisotopic (exact) mass is 278 g/mol. The Bertz CT molecular complexity index is 792. The van der Waals surface area contributed by atoms with Crippen molar-refractivity contribution in [3.05, 3.63) is 54.4 Å². The van der Waals surface area contributed by atoms with Crippen LogP contribution in [0.3, 0.4) is 0 Å². The molecule has 1 aromatic heterocycles. The van der Waals surface area contributed by atoms with Crippen molar-refractivity contribution in [3.63, 3.8) is 0 Å². The Balaban J connectivity index is 1.89. The zero-order valence-electron chi connectivity index (χ0n) is 12.5. The summed E-state index contributed by atoms with van der Waals surface area (Å²) in [6.45, 7) is 0. The second-order valence-electron chi connectivity index (χ2n) is 5.60. The Labute approximate surface area is 124 Å². The fourth-order valence-corrected chi connectivity index (χ4v) is 3.33. The van der Waals surface area contributed by atoms with Gasteiger partial charge in [-0.3, -0.25) is 0 Å². The van der Waals surface area contributed by atoms with E-state index < -0.39 is 0 Å². The molecule has 0 radical (unpaired) electrons. The van der Waals surface area contributed by atoms with Crippen LogP contribution in [0.1, 0.15) is 12.0 Å². The van der Waals surface area contributed by atoms with Crippen LogP contribution in [0.5, 0.6) is 0 Å². The van der Waals surface area contributed by atoms with Crippen molar-refractivity contribution in [2.45, 2.75) is 6.17 Å². The van der Waals surface area contributed by atoms with Crippen molar-refractivity contribution < 1.29 is 0 Å². The van der Waals surface area contributed by atoms with Crippen LogP contribution >= 0.6 is 0 Å². The smallest absolute Gasteiger partial charge is 0.161 e. The number of aromatic nitrogens is 2. The average Bonchev–Trinajstić information content (AvgIpc) is 2.96. The SMILES string of the molecule is CN1c2ccccc2N(C)C1c1nc2ccccc2n1C. The van der Waals surface area contributed by atoms with E-state index >= 15 is 0 Å². The van der Waals surface area contributed by atoms with Crippen LogP contribution in [0.2, 0.25) is 0 Å². The molecule has 0 atom stereocenters. The number of rotatable bonds is 1. The fourth-order valence-electron chi connectivity index (χ4n) is 3.33. The van der Waals surface area contributed by atoms with Gasteiger partial charge in [-0.15, -0.1) is 0 Å². The van der Waals surface area contributed by atoms with Gasteiger partial charge in [0.1, 0.15) is 0 Å². The van der Waals surface area contributed by atoms with E-state index in [1.165, 1.54) is 16.9 Å². The molecule has 4 rings (SSSR count). The van der Waals surface area contributed by atoms with Gasteiger partial charge in [-0.25, -0.2) is 4.98 Å². The van der Waals surface area contributed by atoms with Crippen molar-refractivity contribution in [3.8, 4) is 0 Å². The highest BCUT2D eigenvalue weighted by Crippen LogP contribution is 2.43. The molecule has 21 heavy (non-hydrogen) atoms. The van der Waals surface area contributed by atoms with E-state index in [1.807, 2.05) is 6.07 Å². The lowest BCUT2D eigenvalue weighted by molar-refractivity contribution is 0.622. The van der Waals surface area contributed by atoms with Gasteiger partial charge < -0.3 is 14.4 Å². The Hall–Kier alpha value is -2.49. The largest absolute Gasteiger partial charge is 0.346 e. The quantitative estimate of drug-likeness (QED) is 0.683. The van der Waals surface area contributed by atoms with Gasteiger partial charge in [0, 0.05) is 21.1 Å². The maximum Gasteiger partial charge on any atom is 0.161 e. The van der Waals surface area contributed by atoms with Gasteiger partial charge in [-0.2, -0.15) is 0 Å². The minimum atomic E-state index is 0.125. The molecule has 0 saturated heterocycles. The second-order valence-corrected chi connectivity index (χ2v) is 5.60. The van der Waals surface area contributed by atoms with Gasteiger partial charge in [-0.1, -0.05) is 24.3 Å². The number of benzene rings is 2. The molecule has 0 aliphatic carbocycles. The van der Waals surface area contributed by atoms with E-state index in [0.29, 0.717) is 0 Å². The first-order valence-corrected chi connectivity index (χ1v) is 7.14. The van der Waals surface area contributed by atoms with Gasteiger partial charge in [0.2, 0.25) is 0 Å². The zero-order chi connectivity index (χ0) is 14.6. The normalized spacial score (nSPS) is 15.0. The molecule has 0 unspecified atom stereocenters. The summed E-state index contributed by atoms with van der Waals surface area (Å²) < 4.78 is 2.19. The molecule has 2 aromatic carbocycles. The molecule has 4 nitrogen and oxygen atoms in total. The van der Waals surface area contributed by atoms with Crippen molar-refractivity contribution >= 4 is 22.4 Å². The van der Waals surface area contributed by atoms with Crippen molar-refractivity contribution in [2.75, 3.05) is 23.9 Å². The Kier molecular flexibility index (Phi) is 2.48. The van der Waals surface area contributed by atoms with Crippen LogP contribution in [0.15, 0.2) is 48.5 Å². The number of nitrogens with zero attached hydrogens (tertiary/aromatic N) is 4. The lowest BCUT2D eigenvalue weighted by atomic mass is 10.3. The van der Waals surface area contributed by atoms with E-state index in [0.717, 1.165) is 11.3 Å². The molecule has 0 bridgehead atoms. The number of hydrogen-bond donors (Lipinski definition) is 0. The molecular formula is C17H18N4. The van der Waals surface area contributed by atoms with Crippen LogP contribution in [0.4, 0.5) is 11.4 Å². The van der Waals surface area contributed by atoms with Crippen molar-refractivity contribution in [1.82, 2.24) is 9.55 Å². The molecule has 0 N–H and O–H groups in total. The van der Waals surface area contributed by atoms with E-state index in [1.54, 1.807) is 0 Å². The molecule has 0 spiro atoms. The Morgan fingerprint density at radius 2 is 1.38 bits per heavy atom. The van der Waals surface area contributed by atoms with E-state index in [9.17, 15) is 0 Å². The average molecular weight is 278 g/mol. The molecule has 106 valence electrons. The summed E-state index contributed by atoms with van der Waals surface area (Å²) in [5.74, 6) is 1.07. The topological polar surface area (TPSA) is 24.3 Å². The molecule has 0 amide bonds. The van der Waals surface area contributed by atoms with Crippen molar-refractivity contribution in [2.24, 2.45) is 7.05 Å². The number of hydrogen-bond acceptors (Lipinski definition) is 3. The van der Waals surface area contributed by atoms with Crippen LogP contribution < -0.4 is 9.80 Å². The summed E-state index contributed by atoms with van der Waals surface area (Å²) in [7, 11) is 6.36. The number of imidazole rings is 1. The molecule has 1 aliphatic rings. The first-order chi connectivity index (χ1) is 10.2. The van der Waals surface area contributed by atoms with Gasteiger partial charge >= 0.3 is 0 Å². The Morgan fingerprint density at radius 3 is 2.00 bits per heavy atom. The summed E-state index contributed by atoms with van der Waals surface area (Å²) in [5.41, 5.74) is 4.71. The Morgan fingerprint density at radius 1 is 0.810 bits per heavy atom. The lowest BCUT2D eigenvalue weighted by Crippen LogP contribution is -2.32. The zero-order valence-corrected chi connectivity index (χ0v) is 12.5. The van der Waals surface area contributed by atoms with Crippen LogP contribution in [-0.4, -0.2) is 23.6 Å². The minimum absolute atomic E-state index is 0.125.